The van der Waals surface area contributed by atoms with E-state index in [-0.39, 0.29) is 6.61 Å². The molecule has 1 atom stereocenters. The molecule has 128 valence electrons. The summed E-state index contributed by atoms with van der Waals surface area (Å²) in [6, 6.07) is 9.76. The summed E-state index contributed by atoms with van der Waals surface area (Å²) in [6.45, 7) is 4.52. The quantitative estimate of drug-likeness (QED) is 0.870. The van der Waals surface area contributed by atoms with Crippen molar-refractivity contribution in [3.63, 3.8) is 0 Å². The van der Waals surface area contributed by atoms with Crippen molar-refractivity contribution in [1.82, 2.24) is 9.97 Å². The second-order valence-corrected chi connectivity index (χ2v) is 6.40. The van der Waals surface area contributed by atoms with Crippen molar-refractivity contribution in [3.05, 3.63) is 52.4 Å². The van der Waals surface area contributed by atoms with Crippen LogP contribution in [-0.4, -0.2) is 41.4 Å². The van der Waals surface area contributed by atoms with E-state index < -0.39 is 0 Å². The predicted octanol–water partition coefficient (Wildman–Crippen LogP) is 2.94. The van der Waals surface area contributed by atoms with E-state index in [9.17, 15) is 5.11 Å². The molecule has 0 radical (unpaired) electrons. The number of aliphatic hydroxyl groups excluding tert-OH is 1. The maximum atomic E-state index is 9.46. The molecule has 0 amide bonds. The number of aryl methyl sites for hydroxylation is 1. The van der Waals surface area contributed by atoms with Gasteiger partial charge in [0, 0.05) is 36.7 Å². The fourth-order valence-corrected chi connectivity index (χ4v) is 3.14. The Bertz CT molecular complexity index is 690. The molecule has 1 N–H and O–H groups in total. The first-order chi connectivity index (χ1) is 11.7. The van der Waals surface area contributed by atoms with Crippen LogP contribution in [0.4, 0.5) is 5.82 Å². The van der Waals surface area contributed by atoms with Crippen LogP contribution >= 0.6 is 11.6 Å². The van der Waals surface area contributed by atoms with Gasteiger partial charge in [0.25, 0.3) is 0 Å². The second-order valence-electron chi connectivity index (χ2n) is 6.00. The molecule has 0 unspecified atom stereocenters. The topological polar surface area (TPSA) is 58.5 Å². The highest BCUT2D eigenvalue weighted by Gasteiger charge is 2.21. The molecule has 0 aliphatic carbocycles. The summed E-state index contributed by atoms with van der Waals surface area (Å²) in [6.07, 6.45) is 0.987. The van der Waals surface area contributed by atoms with Gasteiger partial charge in [0.05, 0.1) is 18.9 Å². The first-order valence-corrected chi connectivity index (χ1v) is 8.57. The van der Waals surface area contributed by atoms with Crippen molar-refractivity contribution >= 4 is 17.4 Å². The smallest absolute Gasteiger partial charge is 0.132 e. The van der Waals surface area contributed by atoms with Gasteiger partial charge in [-0.15, -0.1) is 0 Å². The van der Waals surface area contributed by atoms with Crippen molar-refractivity contribution in [1.29, 1.82) is 0 Å². The maximum absolute atomic E-state index is 9.46. The van der Waals surface area contributed by atoms with Gasteiger partial charge in [-0.3, -0.25) is 0 Å². The van der Waals surface area contributed by atoms with Crippen molar-refractivity contribution in [2.45, 2.75) is 25.8 Å². The lowest BCUT2D eigenvalue weighted by Gasteiger charge is -2.24. The normalized spacial score (nSPS) is 17.2. The molecule has 1 saturated heterocycles. The lowest BCUT2D eigenvalue weighted by Crippen LogP contribution is -2.28. The highest BCUT2D eigenvalue weighted by Crippen LogP contribution is 2.27. The van der Waals surface area contributed by atoms with Gasteiger partial charge in [0.15, 0.2) is 0 Å². The molecule has 1 aliphatic rings. The Hall–Kier alpha value is -1.69. The van der Waals surface area contributed by atoms with Crippen LogP contribution in [0.5, 0.6) is 0 Å². The number of hydrogen-bond acceptors (Lipinski definition) is 5. The summed E-state index contributed by atoms with van der Waals surface area (Å²) in [4.78, 5) is 11.2. The van der Waals surface area contributed by atoms with Crippen molar-refractivity contribution in [3.8, 4) is 0 Å². The summed E-state index contributed by atoms with van der Waals surface area (Å²) in [5.41, 5.74) is 2.02. The number of anilines is 1. The number of benzene rings is 1. The molecule has 5 nitrogen and oxygen atoms in total. The zero-order valence-electron chi connectivity index (χ0n) is 13.8. The van der Waals surface area contributed by atoms with Crippen LogP contribution in [-0.2, 0) is 11.3 Å². The van der Waals surface area contributed by atoms with Crippen LogP contribution in [0.25, 0.3) is 0 Å². The van der Waals surface area contributed by atoms with Gasteiger partial charge in [-0.05, 0) is 25.0 Å². The monoisotopic (exact) mass is 347 g/mol. The number of nitrogens with zero attached hydrogens (tertiary/aromatic N) is 3. The number of rotatable bonds is 6. The third-order valence-corrected chi connectivity index (χ3v) is 4.57. The Morgan fingerprint density at radius 1 is 1.33 bits per heavy atom. The first kappa shape index (κ1) is 17.1. The minimum Gasteiger partial charge on any atom is -0.395 e. The summed E-state index contributed by atoms with van der Waals surface area (Å²) < 4.78 is 5.48. The number of ether oxygens (including phenoxy) is 1. The van der Waals surface area contributed by atoms with Gasteiger partial charge in [-0.25, -0.2) is 9.97 Å². The highest BCUT2D eigenvalue weighted by molar-refractivity contribution is 6.31. The largest absolute Gasteiger partial charge is 0.395 e. The zero-order chi connectivity index (χ0) is 16.9. The Morgan fingerprint density at radius 3 is 2.88 bits per heavy atom. The van der Waals surface area contributed by atoms with Crippen LogP contribution in [0.2, 0.25) is 5.02 Å². The molecule has 0 bridgehead atoms. The average molecular weight is 348 g/mol. The molecule has 1 fully saturated rings. The molecule has 1 aromatic carbocycles. The van der Waals surface area contributed by atoms with E-state index in [1.54, 1.807) is 0 Å². The molecule has 1 aliphatic heterocycles. The van der Waals surface area contributed by atoms with E-state index in [0.717, 1.165) is 40.9 Å². The minimum atomic E-state index is 0.0510. The third-order valence-electron chi connectivity index (χ3n) is 4.21. The second kappa shape index (κ2) is 7.92. The SMILES string of the molecule is Cc1nc([C@H]2CCOC2)cc(N(CCO)Cc2ccccc2Cl)n1. The van der Waals surface area contributed by atoms with Gasteiger partial charge in [-0.1, -0.05) is 29.8 Å². The van der Waals surface area contributed by atoms with Gasteiger partial charge >= 0.3 is 0 Å². The van der Waals surface area contributed by atoms with Gasteiger partial charge in [-0.2, -0.15) is 0 Å². The van der Waals surface area contributed by atoms with Crippen LogP contribution < -0.4 is 4.90 Å². The van der Waals surface area contributed by atoms with E-state index in [1.807, 2.05) is 42.2 Å². The van der Waals surface area contributed by atoms with Gasteiger partial charge in [0.1, 0.15) is 11.6 Å². The Balaban J connectivity index is 1.88. The van der Waals surface area contributed by atoms with Gasteiger partial charge < -0.3 is 14.7 Å². The third kappa shape index (κ3) is 4.04. The van der Waals surface area contributed by atoms with E-state index >= 15 is 0 Å². The Labute approximate surface area is 147 Å². The molecule has 6 heteroatoms. The summed E-state index contributed by atoms with van der Waals surface area (Å²) >= 11 is 6.28. The highest BCUT2D eigenvalue weighted by atomic mass is 35.5. The summed E-state index contributed by atoms with van der Waals surface area (Å²) in [5, 5.41) is 10.2. The minimum absolute atomic E-state index is 0.0510. The van der Waals surface area contributed by atoms with Crippen molar-refractivity contribution in [2.24, 2.45) is 0 Å². The van der Waals surface area contributed by atoms with Crippen LogP contribution in [0.3, 0.4) is 0 Å². The fourth-order valence-electron chi connectivity index (χ4n) is 2.94. The lowest BCUT2D eigenvalue weighted by molar-refractivity contribution is 0.193. The number of halogens is 1. The summed E-state index contributed by atoms with van der Waals surface area (Å²) in [5.74, 6) is 1.87. The number of aliphatic hydroxyl groups is 1. The standard InChI is InChI=1S/C18H22ClN3O2/c1-13-20-17(15-6-9-24-12-15)10-18(21-13)22(7-8-23)11-14-4-2-3-5-16(14)19/h2-5,10,15,23H,6-9,11-12H2,1H3/t15-/m0/s1. The zero-order valence-corrected chi connectivity index (χ0v) is 14.5. The van der Waals surface area contributed by atoms with E-state index in [4.69, 9.17) is 16.3 Å². The number of aromatic nitrogens is 2. The van der Waals surface area contributed by atoms with E-state index in [1.165, 1.54) is 0 Å². The molecule has 3 rings (SSSR count). The van der Waals surface area contributed by atoms with E-state index in [2.05, 4.69) is 9.97 Å². The van der Waals surface area contributed by atoms with Crippen LogP contribution in [0, 0.1) is 6.92 Å². The molecule has 0 spiro atoms. The predicted molar refractivity (Wildman–Crippen MR) is 94.5 cm³/mol. The first-order valence-electron chi connectivity index (χ1n) is 8.20. The maximum Gasteiger partial charge on any atom is 0.132 e. The van der Waals surface area contributed by atoms with Crippen molar-refractivity contribution < 1.29 is 9.84 Å². The molecule has 1 aromatic heterocycles. The molecule has 24 heavy (non-hydrogen) atoms. The molecule has 2 aromatic rings. The molecular formula is C18H22ClN3O2. The van der Waals surface area contributed by atoms with Gasteiger partial charge in [0.2, 0.25) is 0 Å². The molecule has 2 heterocycles. The van der Waals surface area contributed by atoms with Crippen LogP contribution in [0.15, 0.2) is 30.3 Å². The number of hydrogen-bond donors (Lipinski definition) is 1. The lowest BCUT2D eigenvalue weighted by atomic mass is 10.0. The Kier molecular flexibility index (Phi) is 5.66. The average Bonchev–Trinajstić information content (AvgIpc) is 3.10. The van der Waals surface area contributed by atoms with Crippen molar-refractivity contribution in [2.75, 3.05) is 31.3 Å². The molecule has 0 saturated carbocycles. The van der Waals surface area contributed by atoms with E-state index in [0.29, 0.717) is 25.6 Å². The summed E-state index contributed by atoms with van der Waals surface area (Å²) in [7, 11) is 0. The Morgan fingerprint density at radius 2 is 2.17 bits per heavy atom. The fraction of sp³-hybridized carbons (Fsp3) is 0.444. The van der Waals surface area contributed by atoms with Crippen LogP contribution in [0.1, 0.15) is 29.4 Å². The molecular weight excluding hydrogens is 326 g/mol.